The number of nitrogens with one attached hydrogen (secondary N) is 1. The lowest BCUT2D eigenvalue weighted by atomic mass is 10.0. The number of ether oxygens (including phenoxy) is 1. The molecule has 1 amide bonds. The van der Waals surface area contributed by atoms with Crippen LogP contribution in [0.3, 0.4) is 0 Å². The summed E-state index contributed by atoms with van der Waals surface area (Å²) in [5, 5.41) is 3.22. The topological polar surface area (TPSA) is 58.9 Å². The highest BCUT2D eigenvalue weighted by Gasteiger charge is 2.32. The molecule has 1 aliphatic carbocycles. The largest absolute Gasteiger partial charge is 0.490 e. The number of aromatic nitrogens is 2. The number of carbonyl (C=O) groups is 1. The molecule has 26 heavy (non-hydrogen) atoms. The van der Waals surface area contributed by atoms with Gasteiger partial charge in [-0.25, -0.2) is 4.98 Å². The van der Waals surface area contributed by atoms with E-state index in [1.807, 2.05) is 36.6 Å². The minimum atomic E-state index is -0.0384. The van der Waals surface area contributed by atoms with E-state index < -0.39 is 0 Å². The van der Waals surface area contributed by atoms with Gasteiger partial charge in [0.15, 0.2) is 11.4 Å². The predicted octanol–water partition coefficient (Wildman–Crippen LogP) is 3.03. The Morgan fingerprint density at radius 1 is 1.31 bits per heavy atom. The van der Waals surface area contributed by atoms with Crippen molar-refractivity contribution in [1.82, 2.24) is 19.6 Å². The molecule has 0 atom stereocenters. The Morgan fingerprint density at radius 2 is 2.04 bits per heavy atom. The molecule has 4 rings (SSSR count). The first-order valence-electron chi connectivity index (χ1n) is 9.32. The zero-order chi connectivity index (χ0) is 17.4. The zero-order valence-electron chi connectivity index (χ0n) is 15.0. The number of piperidine rings is 1. The quantitative estimate of drug-likeness (QED) is 0.892. The third kappa shape index (κ3) is 3.56. The lowest BCUT2D eigenvalue weighted by Gasteiger charge is -2.32. The smallest absolute Gasteiger partial charge is 0.270 e. The second-order valence-electron chi connectivity index (χ2n) is 7.06. The molecule has 0 aromatic carbocycles. The summed E-state index contributed by atoms with van der Waals surface area (Å²) in [7, 11) is 0. The van der Waals surface area contributed by atoms with Crippen LogP contribution in [0.1, 0.15) is 56.2 Å². The predicted molar refractivity (Wildman–Crippen MR) is 103 cm³/mol. The molecule has 1 N–H and O–H groups in total. The Balaban J connectivity index is 0.00000196. The van der Waals surface area contributed by atoms with Crippen molar-refractivity contribution in [2.75, 3.05) is 19.7 Å². The van der Waals surface area contributed by atoms with Crippen LogP contribution in [0.5, 0.6) is 5.75 Å². The first kappa shape index (κ1) is 18.7. The van der Waals surface area contributed by atoms with Gasteiger partial charge in [0.1, 0.15) is 5.69 Å². The molecule has 2 aromatic rings. The van der Waals surface area contributed by atoms with Crippen molar-refractivity contribution in [3.8, 4) is 5.75 Å². The van der Waals surface area contributed by atoms with E-state index >= 15 is 0 Å². The van der Waals surface area contributed by atoms with Crippen LogP contribution in [0.15, 0.2) is 18.3 Å². The molecule has 142 valence electrons. The van der Waals surface area contributed by atoms with Crippen molar-refractivity contribution in [3.05, 3.63) is 29.7 Å². The highest BCUT2D eigenvalue weighted by atomic mass is 16.5. The van der Waals surface area contributed by atoms with Crippen molar-refractivity contribution in [2.45, 2.75) is 59.0 Å². The molecule has 0 spiro atoms. The summed E-state index contributed by atoms with van der Waals surface area (Å²) in [6, 6.07) is 4.85. The molecule has 2 fully saturated rings. The molecule has 3 heterocycles. The summed E-state index contributed by atoms with van der Waals surface area (Å²) in [6.07, 6.45) is 6.63. The van der Waals surface area contributed by atoms with Crippen LogP contribution >= 0.6 is 0 Å². The number of nitrogens with zero attached hydrogens (tertiary/aromatic N) is 3. The third-order valence-electron chi connectivity index (χ3n) is 5.23. The lowest BCUT2D eigenvalue weighted by molar-refractivity contribution is 0.0902. The molecule has 6 nitrogen and oxygen atoms in total. The van der Waals surface area contributed by atoms with Gasteiger partial charge in [0.25, 0.3) is 5.91 Å². The van der Waals surface area contributed by atoms with Gasteiger partial charge in [-0.05, 0) is 51.7 Å². The fourth-order valence-electron chi connectivity index (χ4n) is 3.80. The number of hydrogen-bond donors (Lipinski definition) is 1. The van der Waals surface area contributed by atoms with Gasteiger partial charge in [0.05, 0.1) is 12.3 Å². The Hall–Kier alpha value is -2.08. The molecule has 1 aliphatic heterocycles. The molecule has 0 unspecified atom stereocenters. The van der Waals surface area contributed by atoms with Crippen LogP contribution in [0.2, 0.25) is 0 Å². The van der Waals surface area contributed by atoms with E-state index in [-0.39, 0.29) is 19.4 Å². The number of imidazole rings is 1. The van der Waals surface area contributed by atoms with E-state index in [2.05, 4.69) is 15.2 Å². The summed E-state index contributed by atoms with van der Waals surface area (Å²) in [4.78, 5) is 20.0. The van der Waals surface area contributed by atoms with Gasteiger partial charge in [-0.2, -0.15) is 0 Å². The summed E-state index contributed by atoms with van der Waals surface area (Å²) in [5.41, 5.74) is 2.05. The lowest BCUT2D eigenvalue weighted by Crippen LogP contribution is -2.45. The Bertz CT molecular complexity index is 773. The molecule has 0 radical (unpaired) electrons. The molecule has 1 saturated heterocycles. The van der Waals surface area contributed by atoms with Gasteiger partial charge in [-0.3, -0.25) is 9.20 Å². The molecule has 2 aliphatic rings. The number of amides is 1. The second kappa shape index (κ2) is 7.66. The van der Waals surface area contributed by atoms with Crippen molar-refractivity contribution >= 4 is 11.6 Å². The summed E-state index contributed by atoms with van der Waals surface area (Å²) < 4.78 is 7.48. The fraction of sp³-hybridized carbons (Fsp3) is 0.600. The Labute approximate surface area is 155 Å². The molecule has 6 heteroatoms. The third-order valence-corrected chi connectivity index (χ3v) is 5.23. The summed E-state index contributed by atoms with van der Waals surface area (Å²) in [6.45, 7) is 6.59. The van der Waals surface area contributed by atoms with Gasteiger partial charge in [-0.15, -0.1) is 0 Å². The van der Waals surface area contributed by atoms with E-state index in [1.165, 1.54) is 12.8 Å². The Morgan fingerprint density at radius 3 is 2.69 bits per heavy atom. The first-order chi connectivity index (χ1) is 12.2. The minimum Gasteiger partial charge on any atom is -0.490 e. The number of pyridine rings is 1. The number of rotatable bonds is 5. The fourth-order valence-corrected chi connectivity index (χ4v) is 3.80. The maximum absolute atomic E-state index is 12.9. The highest BCUT2D eigenvalue weighted by Crippen LogP contribution is 2.29. The van der Waals surface area contributed by atoms with E-state index in [4.69, 9.17) is 4.74 Å². The SMILES string of the molecule is C.CCOc1cccn2c(C(=O)NC3CCN(C4CC4)CC3)c(C)nc12. The van der Waals surface area contributed by atoms with E-state index in [0.29, 0.717) is 23.7 Å². The minimum absolute atomic E-state index is 0. The molecule has 1 saturated carbocycles. The van der Waals surface area contributed by atoms with Crippen molar-refractivity contribution in [1.29, 1.82) is 0 Å². The van der Waals surface area contributed by atoms with Crippen molar-refractivity contribution < 1.29 is 9.53 Å². The van der Waals surface area contributed by atoms with E-state index in [0.717, 1.165) is 37.7 Å². The first-order valence-corrected chi connectivity index (χ1v) is 9.32. The Kier molecular flexibility index (Phi) is 5.51. The average Bonchev–Trinajstić information content (AvgIpc) is 3.38. The normalized spacial score (nSPS) is 18.5. The summed E-state index contributed by atoms with van der Waals surface area (Å²) in [5.74, 6) is 0.674. The molecule has 2 aromatic heterocycles. The van der Waals surface area contributed by atoms with Gasteiger partial charge in [0, 0.05) is 31.4 Å². The monoisotopic (exact) mass is 358 g/mol. The van der Waals surface area contributed by atoms with Crippen LogP contribution in [-0.2, 0) is 0 Å². The summed E-state index contributed by atoms with van der Waals surface area (Å²) >= 11 is 0. The average molecular weight is 358 g/mol. The second-order valence-corrected chi connectivity index (χ2v) is 7.06. The van der Waals surface area contributed by atoms with Gasteiger partial charge >= 0.3 is 0 Å². The van der Waals surface area contributed by atoms with E-state index in [9.17, 15) is 4.79 Å². The number of carbonyl (C=O) groups excluding carboxylic acids is 1. The van der Waals surface area contributed by atoms with Crippen molar-refractivity contribution in [2.24, 2.45) is 0 Å². The van der Waals surface area contributed by atoms with Crippen LogP contribution in [0, 0.1) is 6.92 Å². The molecular weight excluding hydrogens is 328 g/mol. The standard InChI is InChI=1S/C19H26N4O2.CH4/c1-3-25-16-5-4-10-23-17(13(2)20-18(16)23)19(24)21-14-8-11-22(12-9-14)15-6-7-15;/h4-5,10,14-15H,3,6-9,11-12H2,1-2H3,(H,21,24);1H4. The van der Waals surface area contributed by atoms with E-state index in [1.54, 1.807) is 0 Å². The number of fused-ring (bicyclic) bond motifs is 1. The highest BCUT2D eigenvalue weighted by molar-refractivity contribution is 5.95. The number of aryl methyl sites for hydroxylation is 1. The van der Waals surface area contributed by atoms with Crippen molar-refractivity contribution in [3.63, 3.8) is 0 Å². The zero-order valence-corrected chi connectivity index (χ0v) is 15.0. The van der Waals surface area contributed by atoms with Gasteiger partial charge in [0.2, 0.25) is 0 Å². The molecular formula is C20H30N4O2. The van der Waals surface area contributed by atoms with Crippen LogP contribution in [0.4, 0.5) is 0 Å². The number of likely N-dealkylation sites (tertiary alicyclic amines) is 1. The number of hydrogen-bond acceptors (Lipinski definition) is 4. The maximum atomic E-state index is 12.9. The van der Waals surface area contributed by atoms with Crippen LogP contribution < -0.4 is 10.1 Å². The van der Waals surface area contributed by atoms with Crippen LogP contribution in [0.25, 0.3) is 5.65 Å². The molecule has 0 bridgehead atoms. The van der Waals surface area contributed by atoms with Gasteiger partial charge in [-0.1, -0.05) is 7.43 Å². The van der Waals surface area contributed by atoms with Gasteiger partial charge < -0.3 is 15.0 Å². The van der Waals surface area contributed by atoms with Crippen LogP contribution in [-0.4, -0.2) is 52.0 Å². The maximum Gasteiger partial charge on any atom is 0.270 e.